The van der Waals surface area contributed by atoms with Gasteiger partial charge in [0, 0.05) is 43.6 Å². The number of anilines is 2. The maximum atomic E-state index is 5.39. The first-order chi connectivity index (χ1) is 11.8. The summed E-state index contributed by atoms with van der Waals surface area (Å²) in [5.74, 6) is 4.94. The summed E-state index contributed by atoms with van der Waals surface area (Å²) in [7, 11) is 1.65. The van der Waals surface area contributed by atoms with Gasteiger partial charge in [-0.2, -0.15) is 11.8 Å². The molecular formula is C16H20N6OS. The minimum atomic E-state index is 0.659. The summed E-state index contributed by atoms with van der Waals surface area (Å²) < 4.78 is 5.39. The number of rotatable bonds is 3. The SMILES string of the molecule is COc1ncnc2c1CN(c1cc(N3CCSCC3)ncn1)CC2. The maximum Gasteiger partial charge on any atom is 0.221 e. The molecule has 1 saturated heterocycles. The Kier molecular flexibility index (Phi) is 4.38. The van der Waals surface area contributed by atoms with Gasteiger partial charge in [0.15, 0.2) is 0 Å². The van der Waals surface area contributed by atoms with E-state index in [1.54, 1.807) is 19.8 Å². The Balaban J connectivity index is 1.58. The van der Waals surface area contributed by atoms with Gasteiger partial charge in [-0.15, -0.1) is 0 Å². The van der Waals surface area contributed by atoms with Gasteiger partial charge in [-0.1, -0.05) is 0 Å². The monoisotopic (exact) mass is 344 g/mol. The number of hydrogen-bond acceptors (Lipinski definition) is 8. The van der Waals surface area contributed by atoms with Gasteiger partial charge in [0.05, 0.1) is 24.9 Å². The Morgan fingerprint density at radius 2 is 1.71 bits per heavy atom. The average Bonchev–Trinajstić information content (AvgIpc) is 2.68. The molecule has 4 rings (SSSR count). The Morgan fingerprint density at radius 1 is 0.958 bits per heavy atom. The molecule has 1 fully saturated rings. The van der Waals surface area contributed by atoms with Crippen molar-refractivity contribution >= 4 is 23.4 Å². The summed E-state index contributed by atoms with van der Waals surface area (Å²) in [5.41, 5.74) is 2.13. The molecule has 4 heterocycles. The largest absolute Gasteiger partial charge is 0.481 e. The zero-order valence-electron chi connectivity index (χ0n) is 13.7. The zero-order chi connectivity index (χ0) is 16.4. The lowest BCUT2D eigenvalue weighted by Gasteiger charge is -2.31. The van der Waals surface area contributed by atoms with Crippen LogP contribution in [0.2, 0.25) is 0 Å². The fraction of sp³-hybridized carbons (Fsp3) is 0.500. The minimum Gasteiger partial charge on any atom is -0.481 e. The van der Waals surface area contributed by atoms with Crippen molar-refractivity contribution in [1.29, 1.82) is 0 Å². The molecule has 7 nitrogen and oxygen atoms in total. The number of hydrogen-bond donors (Lipinski definition) is 0. The van der Waals surface area contributed by atoms with E-state index in [-0.39, 0.29) is 0 Å². The predicted octanol–water partition coefficient (Wildman–Crippen LogP) is 1.39. The van der Waals surface area contributed by atoms with E-state index in [2.05, 4.69) is 35.8 Å². The van der Waals surface area contributed by atoms with Gasteiger partial charge < -0.3 is 14.5 Å². The summed E-state index contributed by atoms with van der Waals surface area (Å²) in [6.07, 6.45) is 4.11. The van der Waals surface area contributed by atoms with Crippen molar-refractivity contribution < 1.29 is 4.74 Å². The summed E-state index contributed by atoms with van der Waals surface area (Å²) in [5, 5.41) is 0. The van der Waals surface area contributed by atoms with Gasteiger partial charge in [0.1, 0.15) is 24.3 Å². The van der Waals surface area contributed by atoms with Crippen LogP contribution in [0, 0.1) is 0 Å². The fourth-order valence-corrected chi connectivity index (χ4v) is 4.07. The topological polar surface area (TPSA) is 67.3 Å². The van der Waals surface area contributed by atoms with Crippen molar-refractivity contribution in [3.8, 4) is 5.88 Å². The van der Waals surface area contributed by atoms with Gasteiger partial charge in [-0.3, -0.25) is 0 Å². The molecule has 2 aliphatic heterocycles. The quantitative estimate of drug-likeness (QED) is 0.828. The van der Waals surface area contributed by atoms with E-state index in [9.17, 15) is 0 Å². The molecule has 0 unspecified atom stereocenters. The Morgan fingerprint density at radius 3 is 2.50 bits per heavy atom. The lowest BCUT2D eigenvalue weighted by molar-refractivity contribution is 0.387. The molecule has 0 N–H and O–H groups in total. The average molecular weight is 344 g/mol. The first-order valence-electron chi connectivity index (χ1n) is 8.11. The summed E-state index contributed by atoms with van der Waals surface area (Å²) in [6.45, 7) is 3.70. The number of ether oxygens (including phenoxy) is 1. The Hall–Kier alpha value is -2.09. The van der Waals surface area contributed by atoms with Crippen LogP contribution in [0.5, 0.6) is 5.88 Å². The van der Waals surface area contributed by atoms with Crippen LogP contribution in [0.15, 0.2) is 18.7 Å². The van der Waals surface area contributed by atoms with Gasteiger partial charge in [0.25, 0.3) is 0 Å². The van der Waals surface area contributed by atoms with Crippen molar-refractivity contribution in [2.24, 2.45) is 0 Å². The number of fused-ring (bicyclic) bond motifs is 1. The van der Waals surface area contributed by atoms with Gasteiger partial charge in [0.2, 0.25) is 5.88 Å². The second-order valence-electron chi connectivity index (χ2n) is 5.81. The van der Waals surface area contributed by atoms with Crippen LogP contribution in [0.1, 0.15) is 11.3 Å². The summed E-state index contributed by atoms with van der Waals surface area (Å²) in [6, 6.07) is 2.09. The lowest BCUT2D eigenvalue weighted by atomic mass is 10.1. The second kappa shape index (κ2) is 6.80. The van der Waals surface area contributed by atoms with Crippen molar-refractivity contribution in [2.45, 2.75) is 13.0 Å². The number of aromatic nitrogens is 4. The summed E-state index contributed by atoms with van der Waals surface area (Å²) >= 11 is 2.00. The van der Waals surface area contributed by atoms with Crippen molar-refractivity contribution in [2.75, 3.05) is 48.0 Å². The highest BCUT2D eigenvalue weighted by Gasteiger charge is 2.23. The van der Waals surface area contributed by atoms with E-state index in [4.69, 9.17) is 4.74 Å². The van der Waals surface area contributed by atoms with Crippen LogP contribution in [-0.2, 0) is 13.0 Å². The van der Waals surface area contributed by atoms with E-state index in [1.807, 2.05) is 11.8 Å². The molecule has 126 valence electrons. The molecule has 0 aliphatic carbocycles. The molecule has 2 aromatic rings. The molecule has 24 heavy (non-hydrogen) atoms. The Bertz CT molecular complexity index is 707. The number of thioether (sulfide) groups is 1. The molecule has 2 aliphatic rings. The van der Waals surface area contributed by atoms with Crippen LogP contribution < -0.4 is 14.5 Å². The van der Waals surface area contributed by atoms with Gasteiger partial charge >= 0.3 is 0 Å². The highest BCUT2D eigenvalue weighted by Crippen LogP contribution is 2.28. The normalized spacial score (nSPS) is 17.5. The minimum absolute atomic E-state index is 0.659. The van der Waals surface area contributed by atoms with Gasteiger partial charge in [-0.05, 0) is 0 Å². The van der Waals surface area contributed by atoms with Crippen molar-refractivity contribution in [3.63, 3.8) is 0 Å². The van der Waals surface area contributed by atoms with Crippen LogP contribution in [0.4, 0.5) is 11.6 Å². The van der Waals surface area contributed by atoms with Crippen LogP contribution in [0.25, 0.3) is 0 Å². The molecular weight excluding hydrogens is 324 g/mol. The standard InChI is InChI=1S/C16H20N6OS/c1-23-16-12-9-22(3-2-13(12)17-10-20-16)15-8-14(18-11-19-15)21-4-6-24-7-5-21/h8,10-11H,2-7,9H2,1H3. The van der Waals surface area contributed by atoms with E-state index in [1.165, 1.54) is 0 Å². The van der Waals surface area contributed by atoms with Crippen LogP contribution in [0.3, 0.4) is 0 Å². The molecule has 0 aromatic carbocycles. The molecule has 0 atom stereocenters. The summed E-state index contributed by atoms with van der Waals surface area (Å²) in [4.78, 5) is 22.1. The molecule has 0 amide bonds. The second-order valence-corrected chi connectivity index (χ2v) is 7.04. The molecule has 0 spiro atoms. The molecule has 8 heteroatoms. The van der Waals surface area contributed by atoms with E-state index >= 15 is 0 Å². The lowest BCUT2D eigenvalue weighted by Crippen LogP contribution is -2.34. The van der Waals surface area contributed by atoms with E-state index < -0.39 is 0 Å². The third kappa shape index (κ3) is 2.98. The third-order valence-corrected chi connectivity index (χ3v) is 5.40. The van der Waals surface area contributed by atoms with E-state index in [0.29, 0.717) is 12.4 Å². The molecule has 0 saturated carbocycles. The van der Waals surface area contributed by atoms with Crippen molar-refractivity contribution in [3.05, 3.63) is 30.0 Å². The smallest absolute Gasteiger partial charge is 0.221 e. The molecule has 2 aromatic heterocycles. The molecule has 0 bridgehead atoms. The van der Waals surface area contributed by atoms with Crippen LogP contribution in [-0.4, -0.2) is 58.2 Å². The predicted molar refractivity (Wildman–Crippen MR) is 94.9 cm³/mol. The molecule has 0 radical (unpaired) electrons. The highest BCUT2D eigenvalue weighted by atomic mass is 32.2. The van der Waals surface area contributed by atoms with Crippen molar-refractivity contribution in [1.82, 2.24) is 19.9 Å². The van der Waals surface area contributed by atoms with Crippen LogP contribution >= 0.6 is 11.8 Å². The highest BCUT2D eigenvalue weighted by molar-refractivity contribution is 7.99. The van der Waals surface area contributed by atoms with Gasteiger partial charge in [-0.25, -0.2) is 19.9 Å². The maximum absolute atomic E-state index is 5.39. The first-order valence-corrected chi connectivity index (χ1v) is 9.27. The third-order valence-electron chi connectivity index (χ3n) is 4.45. The number of methoxy groups -OCH3 is 1. The fourth-order valence-electron chi connectivity index (χ4n) is 3.16. The zero-order valence-corrected chi connectivity index (χ0v) is 14.5. The first kappa shape index (κ1) is 15.4. The number of nitrogens with zero attached hydrogens (tertiary/aromatic N) is 6. The van der Waals surface area contributed by atoms with E-state index in [0.717, 1.165) is 60.5 Å². The Labute approximate surface area is 145 Å².